The Labute approximate surface area is 291 Å². The molecule has 0 radical (unpaired) electrons. The maximum absolute atomic E-state index is 2.44. The largest absolute Gasteiger partial charge is 0.748 e. The van der Waals surface area contributed by atoms with Crippen LogP contribution in [-0.2, 0) is 17.1 Å². The molecule has 0 N–H and O–H groups in total. The fourth-order valence-electron chi connectivity index (χ4n) is 6.27. The van der Waals surface area contributed by atoms with Crippen LogP contribution in [0.5, 0.6) is 0 Å². The van der Waals surface area contributed by atoms with Gasteiger partial charge in [0.1, 0.15) is 0 Å². The van der Waals surface area contributed by atoms with E-state index in [9.17, 15) is 0 Å². The first-order valence-electron chi connectivity index (χ1n) is 15.9. The van der Waals surface area contributed by atoms with Gasteiger partial charge in [-0.2, -0.15) is 6.07 Å². The molecule has 0 spiro atoms. The molecule has 0 heterocycles. The molecule has 0 aliphatic heterocycles. The van der Waals surface area contributed by atoms with Crippen LogP contribution in [0.2, 0.25) is 0 Å². The summed E-state index contributed by atoms with van der Waals surface area (Å²) < 4.78 is 0. The van der Waals surface area contributed by atoms with E-state index in [1.165, 1.54) is 53.6 Å². The standard InChI is InChI=1S/C39H31P2.C5H5.Fe/c1-29(40(34-17-4-2-5-18-34)35-19-6-3-7-20-35)38-21-12-22-39(38)41(36-25-23-30-13-8-10-15-32(30)27-36)37-26-24-31-14-9-11-16-33(31)28-37;1-2-4-5-3-1;/h2-29H,1H3;1-5H;/q-1;-5;. The number of hydrogen-bond donors (Lipinski definition) is 0. The molecule has 1 atom stereocenters. The van der Waals surface area contributed by atoms with Crippen molar-refractivity contribution in [2.75, 3.05) is 0 Å². The molecule has 47 heavy (non-hydrogen) atoms. The molecule has 1 unspecified atom stereocenters. The summed E-state index contributed by atoms with van der Waals surface area (Å²) in [6.45, 7) is 2.44. The van der Waals surface area contributed by atoms with Crippen LogP contribution in [0.3, 0.4) is 0 Å². The molecule has 0 aromatic heterocycles. The van der Waals surface area contributed by atoms with Gasteiger partial charge in [0.05, 0.1) is 0 Å². The molecule has 0 saturated carbocycles. The quantitative estimate of drug-likeness (QED) is 0.0892. The average molecular weight is 683 g/mol. The maximum atomic E-state index is 2.44. The zero-order chi connectivity index (χ0) is 31.1. The molecular weight excluding hydrogens is 646 g/mol. The minimum atomic E-state index is -0.761. The van der Waals surface area contributed by atoms with Gasteiger partial charge in [0.25, 0.3) is 0 Å². The summed E-state index contributed by atoms with van der Waals surface area (Å²) in [4.78, 5) is 0. The maximum Gasteiger partial charge on any atom is 0 e. The third-order valence-corrected chi connectivity index (χ3v) is 13.8. The van der Waals surface area contributed by atoms with Gasteiger partial charge in [-0.05, 0) is 76.4 Å². The van der Waals surface area contributed by atoms with Crippen LogP contribution in [0.15, 0.2) is 194 Å². The predicted molar refractivity (Wildman–Crippen MR) is 205 cm³/mol. The third kappa shape index (κ3) is 7.41. The second-order valence-corrected chi connectivity index (χ2v) is 16.2. The van der Waals surface area contributed by atoms with E-state index >= 15 is 0 Å². The predicted octanol–water partition coefficient (Wildman–Crippen LogP) is 10.1. The van der Waals surface area contributed by atoms with Crippen LogP contribution >= 0.6 is 15.8 Å². The SMILES string of the molecule is CC([c-]1cccc1P(c1ccc2ccccc2c1)c1ccc2ccccc2c1)P(c1ccccc1)c1ccccc1.[Fe].[cH-]1[cH-][cH-][cH-][cH-]1. The minimum Gasteiger partial charge on any atom is -0.748 e. The topological polar surface area (TPSA) is 0 Å². The first-order chi connectivity index (χ1) is 22.8. The third-order valence-electron chi connectivity index (χ3n) is 8.51. The summed E-state index contributed by atoms with van der Waals surface area (Å²) in [5.74, 6) is 0. The molecule has 8 rings (SSSR count). The second kappa shape index (κ2) is 15.7. The summed E-state index contributed by atoms with van der Waals surface area (Å²) >= 11 is 0. The van der Waals surface area contributed by atoms with E-state index in [1.807, 2.05) is 30.3 Å². The zero-order valence-corrected chi connectivity index (χ0v) is 29.2. The Hall–Kier alpha value is -4.08. The monoisotopic (exact) mass is 682 g/mol. The summed E-state index contributed by atoms with van der Waals surface area (Å²) in [5, 5.41) is 12.3. The molecule has 0 aliphatic carbocycles. The molecule has 0 fully saturated rings. The Balaban J connectivity index is 0.000000591. The van der Waals surface area contributed by atoms with Gasteiger partial charge >= 0.3 is 0 Å². The van der Waals surface area contributed by atoms with Gasteiger partial charge in [0.2, 0.25) is 0 Å². The van der Waals surface area contributed by atoms with E-state index in [0.29, 0.717) is 5.66 Å². The van der Waals surface area contributed by atoms with Gasteiger partial charge in [-0.25, -0.2) is 12.1 Å². The van der Waals surface area contributed by atoms with Gasteiger partial charge in [-0.15, -0.1) is 10.9 Å². The van der Waals surface area contributed by atoms with Crippen molar-refractivity contribution in [1.82, 2.24) is 0 Å². The van der Waals surface area contributed by atoms with Gasteiger partial charge < -0.3 is 30.3 Å². The van der Waals surface area contributed by atoms with Crippen LogP contribution in [0.25, 0.3) is 21.5 Å². The van der Waals surface area contributed by atoms with Crippen molar-refractivity contribution in [3.8, 4) is 0 Å². The van der Waals surface area contributed by atoms with Crippen molar-refractivity contribution < 1.29 is 17.1 Å². The molecular formula is C44H36FeP2-6. The normalized spacial score (nSPS) is 11.6. The fourth-order valence-corrected chi connectivity index (χ4v) is 11.7. The van der Waals surface area contributed by atoms with Gasteiger partial charge in [-0.1, -0.05) is 140 Å². The Bertz CT molecular complexity index is 2000. The van der Waals surface area contributed by atoms with Crippen LogP contribution in [0.1, 0.15) is 18.1 Å². The van der Waals surface area contributed by atoms with E-state index in [2.05, 4.69) is 171 Å². The van der Waals surface area contributed by atoms with E-state index in [-0.39, 0.29) is 17.1 Å². The van der Waals surface area contributed by atoms with E-state index in [0.717, 1.165) is 0 Å². The average Bonchev–Trinajstić information content (AvgIpc) is 3.86. The second-order valence-electron chi connectivity index (χ2n) is 11.4. The molecule has 0 aliphatic rings. The molecule has 0 saturated heterocycles. The molecule has 236 valence electrons. The molecule has 8 aromatic rings. The van der Waals surface area contributed by atoms with E-state index in [1.54, 1.807) is 0 Å². The molecule has 0 nitrogen and oxygen atoms in total. The first kappa shape index (κ1) is 32.8. The number of benzene rings is 6. The summed E-state index contributed by atoms with van der Waals surface area (Å²) in [6, 6.07) is 70.9. The fraction of sp³-hybridized carbons (Fsp3) is 0.0455. The van der Waals surface area contributed by atoms with Crippen LogP contribution < -0.4 is 26.5 Å². The number of rotatable bonds is 7. The first-order valence-corrected chi connectivity index (χ1v) is 18.6. The molecule has 0 bridgehead atoms. The van der Waals surface area contributed by atoms with Crippen molar-refractivity contribution in [1.29, 1.82) is 0 Å². The molecule has 8 aromatic carbocycles. The van der Waals surface area contributed by atoms with Crippen LogP contribution in [0, 0.1) is 0 Å². The van der Waals surface area contributed by atoms with Gasteiger partial charge in [0, 0.05) is 17.1 Å². The van der Waals surface area contributed by atoms with E-state index < -0.39 is 15.8 Å². The Morgan fingerprint density at radius 2 is 0.872 bits per heavy atom. The number of hydrogen-bond acceptors (Lipinski definition) is 0. The van der Waals surface area contributed by atoms with Crippen molar-refractivity contribution in [2.24, 2.45) is 0 Å². The van der Waals surface area contributed by atoms with Crippen molar-refractivity contribution in [3.05, 3.63) is 200 Å². The zero-order valence-electron chi connectivity index (χ0n) is 26.3. The minimum absolute atomic E-state index is 0. The van der Waals surface area contributed by atoms with Crippen molar-refractivity contribution in [3.63, 3.8) is 0 Å². The Kier molecular flexibility index (Phi) is 11.0. The van der Waals surface area contributed by atoms with Crippen LogP contribution in [-0.4, -0.2) is 0 Å². The number of fused-ring (bicyclic) bond motifs is 2. The molecule has 3 heteroatoms. The summed E-state index contributed by atoms with van der Waals surface area (Å²) in [6.07, 6.45) is 0. The molecule has 0 amide bonds. The van der Waals surface area contributed by atoms with E-state index in [4.69, 9.17) is 0 Å². The van der Waals surface area contributed by atoms with Crippen molar-refractivity contribution >= 4 is 63.9 Å². The summed E-state index contributed by atoms with van der Waals surface area (Å²) in [7, 11) is -1.35. The Morgan fingerprint density at radius 3 is 1.34 bits per heavy atom. The Morgan fingerprint density at radius 1 is 0.447 bits per heavy atom. The van der Waals surface area contributed by atoms with Gasteiger partial charge in [0.15, 0.2) is 0 Å². The summed E-state index contributed by atoms with van der Waals surface area (Å²) in [5.41, 5.74) is 1.84. The van der Waals surface area contributed by atoms with Crippen LogP contribution in [0.4, 0.5) is 0 Å². The van der Waals surface area contributed by atoms with Gasteiger partial charge in [-0.3, -0.25) is 0 Å². The smallest absolute Gasteiger partial charge is 0 e. The van der Waals surface area contributed by atoms with Crippen molar-refractivity contribution in [2.45, 2.75) is 12.6 Å².